The van der Waals surface area contributed by atoms with Crippen LogP contribution in [0.15, 0.2) is 11.3 Å². The van der Waals surface area contributed by atoms with Crippen molar-refractivity contribution in [2.75, 3.05) is 6.61 Å². The Labute approximate surface area is 80.4 Å². The molecule has 1 atom stereocenters. The highest BCUT2D eigenvalue weighted by Gasteiger charge is 2.29. The van der Waals surface area contributed by atoms with Gasteiger partial charge in [-0.3, -0.25) is 4.79 Å². The highest BCUT2D eigenvalue weighted by molar-refractivity contribution is 6.02. The van der Waals surface area contributed by atoms with Gasteiger partial charge in [-0.1, -0.05) is 0 Å². The molecule has 1 saturated heterocycles. The Morgan fingerprint density at radius 1 is 1.79 bits per heavy atom. The third-order valence-corrected chi connectivity index (χ3v) is 2.12. The van der Waals surface area contributed by atoms with Crippen molar-refractivity contribution in [2.24, 2.45) is 10.9 Å². The molecule has 0 aromatic carbocycles. The van der Waals surface area contributed by atoms with Crippen LogP contribution in [0.25, 0.3) is 0 Å². The number of H-pyrrole nitrogens is 1. The number of nitrogens with one attached hydrogen (secondary N) is 1. The van der Waals surface area contributed by atoms with E-state index in [4.69, 9.17) is 4.74 Å². The van der Waals surface area contributed by atoms with Gasteiger partial charge in [-0.2, -0.15) is 10.1 Å². The van der Waals surface area contributed by atoms with Gasteiger partial charge in [0.1, 0.15) is 6.33 Å². The van der Waals surface area contributed by atoms with Crippen molar-refractivity contribution < 1.29 is 9.53 Å². The molecule has 1 aliphatic rings. The van der Waals surface area contributed by atoms with Gasteiger partial charge in [0, 0.05) is 12.1 Å². The standard InChI is InChI=1S/C8H10N4O2/c1-5(6-2-3-14-7(6)13)11-8-9-4-10-12-8/h4,6H,2-3H2,1H3,(H,9,10,12)/b11-5+. The number of aliphatic imine (C=N–C) groups is 1. The Bertz CT molecular complexity index is 357. The lowest BCUT2D eigenvalue weighted by molar-refractivity contribution is -0.139. The molecule has 0 saturated carbocycles. The highest BCUT2D eigenvalue weighted by Crippen LogP contribution is 2.17. The number of rotatable bonds is 2. The minimum atomic E-state index is -0.222. The SMILES string of the molecule is C/C(=N\c1ncn[nH]1)C1CCOC1=O. The zero-order chi connectivity index (χ0) is 9.97. The Morgan fingerprint density at radius 2 is 2.64 bits per heavy atom. The van der Waals surface area contributed by atoms with Crippen molar-refractivity contribution in [1.29, 1.82) is 0 Å². The first kappa shape index (κ1) is 8.86. The molecule has 6 nitrogen and oxygen atoms in total. The normalized spacial score (nSPS) is 22.5. The van der Waals surface area contributed by atoms with Crippen LogP contribution in [0.5, 0.6) is 0 Å². The maximum absolute atomic E-state index is 11.2. The lowest BCUT2D eigenvalue weighted by Gasteiger charge is -2.02. The van der Waals surface area contributed by atoms with Gasteiger partial charge in [-0.05, 0) is 6.92 Å². The maximum Gasteiger partial charge on any atom is 0.314 e. The third-order valence-electron chi connectivity index (χ3n) is 2.12. The van der Waals surface area contributed by atoms with E-state index in [1.54, 1.807) is 6.92 Å². The van der Waals surface area contributed by atoms with E-state index >= 15 is 0 Å². The number of aromatic nitrogens is 3. The van der Waals surface area contributed by atoms with Crippen molar-refractivity contribution in [3.8, 4) is 0 Å². The van der Waals surface area contributed by atoms with Crippen LogP contribution in [0.1, 0.15) is 13.3 Å². The highest BCUT2D eigenvalue weighted by atomic mass is 16.5. The first-order valence-corrected chi connectivity index (χ1v) is 4.34. The summed E-state index contributed by atoms with van der Waals surface area (Å²) in [6, 6.07) is 0. The van der Waals surface area contributed by atoms with Crippen LogP contribution in [0.3, 0.4) is 0 Å². The molecule has 0 bridgehead atoms. The Balaban J connectivity index is 2.15. The number of nitrogens with zero attached hydrogens (tertiary/aromatic N) is 3. The summed E-state index contributed by atoms with van der Waals surface area (Å²) in [4.78, 5) is 19.2. The number of ether oxygens (including phenoxy) is 1. The van der Waals surface area contributed by atoms with Gasteiger partial charge in [0.25, 0.3) is 0 Å². The Hall–Kier alpha value is -1.72. The molecule has 0 amide bonds. The van der Waals surface area contributed by atoms with E-state index in [9.17, 15) is 4.79 Å². The molecule has 1 aliphatic heterocycles. The smallest absolute Gasteiger partial charge is 0.314 e. The summed E-state index contributed by atoms with van der Waals surface area (Å²) in [5.41, 5.74) is 0.712. The second kappa shape index (κ2) is 3.57. The van der Waals surface area contributed by atoms with Gasteiger partial charge < -0.3 is 4.74 Å². The van der Waals surface area contributed by atoms with Gasteiger partial charge >= 0.3 is 5.97 Å². The van der Waals surface area contributed by atoms with Gasteiger partial charge in [-0.25, -0.2) is 10.1 Å². The largest absolute Gasteiger partial charge is 0.465 e. The molecule has 1 aromatic rings. The number of aromatic amines is 1. The van der Waals surface area contributed by atoms with E-state index in [0.29, 0.717) is 24.7 Å². The molecule has 14 heavy (non-hydrogen) atoms. The molecule has 2 rings (SSSR count). The van der Waals surface area contributed by atoms with E-state index in [1.165, 1.54) is 6.33 Å². The second-order valence-corrected chi connectivity index (χ2v) is 3.07. The summed E-state index contributed by atoms with van der Waals surface area (Å²) in [5.74, 6) is -0.00642. The Morgan fingerprint density at radius 3 is 3.21 bits per heavy atom. The molecular weight excluding hydrogens is 184 g/mol. The zero-order valence-electron chi connectivity index (χ0n) is 7.73. The quantitative estimate of drug-likeness (QED) is 0.547. The number of esters is 1. The molecule has 0 spiro atoms. The van der Waals surface area contributed by atoms with Crippen molar-refractivity contribution in [1.82, 2.24) is 15.2 Å². The molecular formula is C8H10N4O2. The molecule has 1 unspecified atom stereocenters. The number of cyclic esters (lactones) is 1. The van der Waals surface area contributed by atoms with Gasteiger partial charge in [0.15, 0.2) is 0 Å². The van der Waals surface area contributed by atoms with Crippen molar-refractivity contribution in [3.05, 3.63) is 6.33 Å². The number of hydrogen-bond acceptors (Lipinski definition) is 5. The monoisotopic (exact) mass is 194 g/mol. The van der Waals surface area contributed by atoms with Crippen LogP contribution >= 0.6 is 0 Å². The lowest BCUT2D eigenvalue weighted by Crippen LogP contribution is -2.16. The van der Waals surface area contributed by atoms with E-state index in [1.807, 2.05) is 0 Å². The zero-order valence-corrected chi connectivity index (χ0v) is 7.73. The van der Waals surface area contributed by atoms with Crippen LogP contribution in [0.2, 0.25) is 0 Å². The fourth-order valence-electron chi connectivity index (χ4n) is 1.37. The molecule has 0 aliphatic carbocycles. The van der Waals surface area contributed by atoms with E-state index in [0.717, 1.165) is 0 Å². The van der Waals surface area contributed by atoms with Gasteiger partial charge in [0.05, 0.1) is 12.5 Å². The number of hydrogen-bond donors (Lipinski definition) is 1. The van der Waals surface area contributed by atoms with Crippen LogP contribution in [0.4, 0.5) is 5.95 Å². The van der Waals surface area contributed by atoms with Gasteiger partial charge in [0.2, 0.25) is 5.95 Å². The van der Waals surface area contributed by atoms with Crippen molar-refractivity contribution in [2.45, 2.75) is 13.3 Å². The fraction of sp³-hybridized carbons (Fsp3) is 0.500. The van der Waals surface area contributed by atoms with Crippen LogP contribution in [-0.4, -0.2) is 33.5 Å². The van der Waals surface area contributed by atoms with E-state index in [2.05, 4.69) is 20.2 Å². The predicted octanol–water partition coefficient (Wildman–Crippen LogP) is 0.460. The van der Waals surface area contributed by atoms with Gasteiger partial charge in [-0.15, -0.1) is 0 Å². The molecule has 6 heteroatoms. The lowest BCUT2D eigenvalue weighted by atomic mass is 10.0. The fourth-order valence-corrected chi connectivity index (χ4v) is 1.37. The Kier molecular flexibility index (Phi) is 2.26. The summed E-state index contributed by atoms with van der Waals surface area (Å²) in [6.07, 6.45) is 2.07. The average Bonchev–Trinajstić information content (AvgIpc) is 2.75. The number of carbonyl (C=O) groups excluding carboxylic acids is 1. The van der Waals surface area contributed by atoms with E-state index < -0.39 is 0 Å². The first-order chi connectivity index (χ1) is 6.77. The molecule has 0 radical (unpaired) electrons. The first-order valence-electron chi connectivity index (χ1n) is 4.34. The molecule has 1 fully saturated rings. The minimum absolute atomic E-state index is 0.203. The van der Waals surface area contributed by atoms with Crippen molar-refractivity contribution in [3.63, 3.8) is 0 Å². The minimum Gasteiger partial charge on any atom is -0.465 e. The maximum atomic E-state index is 11.2. The topological polar surface area (TPSA) is 80.2 Å². The van der Waals surface area contributed by atoms with Crippen LogP contribution in [0, 0.1) is 5.92 Å². The van der Waals surface area contributed by atoms with E-state index in [-0.39, 0.29) is 11.9 Å². The summed E-state index contributed by atoms with van der Waals surface area (Å²) in [6.45, 7) is 2.27. The summed E-state index contributed by atoms with van der Waals surface area (Å²) < 4.78 is 4.84. The third kappa shape index (κ3) is 1.63. The molecule has 1 aromatic heterocycles. The average molecular weight is 194 g/mol. The summed E-state index contributed by atoms with van der Waals surface area (Å²) in [7, 11) is 0. The molecule has 2 heterocycles. The van der Waals surface area contributed by atoms with Crippen LogP contribution in [-0.2, 0) is 9.53 Å². The van der Waals surface area contributed by atoms with Crippen molar-refractivity contribution >= 4 is 17.6 Å². The molecule has 1 N–H and O–H groups in total. The van der Waals surface area contributed by atoms with Crippen LogP contribution < -0.4 is 0 Å². The summed E-state index contributed by atoms with van der Waals surface area (Å²) in [5, 5.41) is 6.27. The second-order valence-electron chi connectivity index (χ2n) is 3.07. The summed E-state index contributed by atoms with van der Waals surface area (Å²) >= 11 is 0. The predicted molar refractivity (Wildman–Crippen MR) is 48.2 cm³/mol. The number of carbonyl (C=O) groups is 1. The molecule has 74 valence electrons.